The molecule has 0 bridgehead atoms. The molecule has 1 rings (SSSR count). The molecular weight excluding hydrogens is 116 g/mol. The van der Waals surface area contributed by atoms with Crippen LogP contribution in [0.25, 0.3) is 0 Å². The van der Waals surface area contributed by atoms with Crippen LogP contribution >= 0.6 is 0 Å². The second kappa shape index (κ2) is 2.35. The van der Waals surface area contributed by atoms with Crippen molar-refractivity contribution in [2.24, 2.45) is 5.73 Å². The average Bonchev–Trinajstić information content (AvgIpc) is 1.59. The molecule has 1 aliphatic rings. The molecule has 2 atom stereocenters. The predicted octanol–water partition coefficient (Wildman–Crippen LogP) is -0.388. The Balaban J connectivity index is 2.43. The maximum atomic E-state index is 10.7. The second-order valence-corrected chi connectivity index (χ2v) is 2.67. The highest BCUT2D eigenvalue weighted by Crippen LogP contribution is 2.05. The van der Waals surface area contributed by atoms with Crippen LogP contribution in [0.2, 0.25) is 0 Å². The van der Waals surface area contributed by atoms with Gasteiger partial charge < -0.3 is 11.1 Å². The third-order valence-corrected chi connectivity index (χ3v) is 1.51. The van der Waals surface area contributed by atoms with Gasteiger partial charge in [-0.15, -0.1) is 0 Å². The zero-order valence-corrected chi connectivity index (χ0v) is 5.55. The zero-order chi connectivity index (χ0) is 6.85. The smallest absolute Gasteiger partial charge is 0.221 e. The molecule has 1 fully saturated rings. The molecule has 3 nitrogen and oxygen atoms in total. The van der Waals surface area contributed by atoms with E-state index in [1.165, 1.54) is 0 Å². The minimum atomic E-state index is 0.0775. The van der Waals surface area contributed by atoms with Crippen molar-refractivity contribution >= 4 is 5.91 Å². The lowest BCUT2D eigenvalue weighted by Gasteiger charge is -2.24. The van der Waals surface area contributed by atoms with Crippen LogP contribution < -0.4 is 11.1 Å². The number of carbonyl (C=O) groups excluding carboxylic acids is 1. The maximum absolute atomic E-state index is 10.7. The van der Waals surface area contributed by atoms with Crippen LogP contribution in [0, 0.1) is 0 Å². The van der Waals surface area contributed by atoms with Crippen LogP contribution in [0.5, 0.6) is 0 Å². The molecule has 0 unspecified atom stereocenters. The van der Waals surface area contributed by atoms with E-state index in [4.69, 9.17) is 5.73 Å². The van der Waals surface area contributed by atoms with Crippen molar-refractivity contribution < 1.29 is 4.79 Å². The van der Waals surface area contributed by atoms with E-state index in [9.17, 15) is 4.79 Å². The summed E-state index contributed by atoms with van der Waals surface area (Å²) in [5.41, 5.74) is 5.55. The van der Waals surface area contributed by atoms with Crippen molar-refractivity contribution in [1.29, 1.82) is 0 Å². The van der Waals surface area contributed by atoms with E-state index in [1.54, 1.807) is 0 Å². The molecule has 52 valence electrons. The summed E-state index contributed by atoms with van der Waals surface area (Å²) >= 11 is 0. The molecule has 0 aliphatic carbocycles. The molecule has 1 aliphatic heterocycles. The lowest BCUT2D eigenvalue weighted by atomic mass is 10.0. The fraction of sp³-hybridized carbons (Fsp3) is 0.833. The van der Waals surface area contributed by atoms with Crippen LogP contribution in [-0.2, 0) is 4.79 Å². The molecule has 0 aromatic rings. The monoisotopic (exact) mass is 128 g/mol. The Bertz CT molecular complexity index is 112. The molecule has 0 aromatic heterocycles. The Morgan fingerprint density at radius 3 is 2.89 bits per heavy atom. The highest BCUT2D eigenvalue weighted by Gasteiger charge is 2.19. The number of hydrogen-bond acceptors (Lipinski definition) is 2. The molecule has 3 N–H and O–H groups in total. The SMILES string of the molecule is C[C@H]1C[C@H](N)CC(=O)N1. The molecule has 1 heterocycles. The van der Waals surface area contributed by atoms with Crippen LogP contribution in [0.15, 0.2) is 0 Å². The largest absolute Gasteiger partial charge is 0.354 e. The number of nitrogens with two attached hydrogens (primary N) is 1. The predicted molar refractivity (Wildman–Crippen MR) is 34.8 cm³/mol. The molecule has 0 spiro atoms. The van der Waals surface area contributed by atoms with Crippen molar-refractivity contribution in [3.63, 3.8) is 0 Å². The van der Waals surface area contributed by atoms with Gasteiger partial charge in [0.15, 0.2) is 0 Å². The van der Waals surface area contributed by atoms with Gasteiger partial charge in [-0.05, 0) is 13.3 Å². The van der Waals surface area contributed by atoms with E-state index in [-0.39, 0.29) is 18.0 Å². The lowest BCUT2D eigenvalue weighted by Crippen LogP contribution is -2.45. The van der Waals surface area contributed by atoms with Gasteiger partial charge in [0.2, 0.25) is 5.91 Å². The van der Waals surface area contributed by atoms with Gasteiger partial charge in [0.1, 0.15) is 0 Å². The summed E-state index contributed by atoms with van der Waals surface area (Å²) in [4.78, 5) is 10.7. The molecule has 9 heavy (non-hydrogen) atoms. The molecule has 0 aromatic carbocycles. The first-order valence-corrected chi connectivity index (χ1v) is 3.23. The van der Waals surface area contributed by atoms with Crippen molar-refractivity contribution in [2.75, 3.05) is 0 Å². The number of carbonyl (C=O) groups is 1. The summed E-state index contributed by atoms with van der Waals surface area (Å²) in [6.45, 7) is 1.97. The van der Waals surface area contributed by atoms with Gasteiger partial charge in [0.05, 0.1) is 0 Å². The van der Waals surface area contributed by atoms with E-state index >= 15 is 0 Å². The number of piperidine rings is 1. The van der Waals surface area contributed by atoms with Crippen LogP contribution in [0.3, 0.4) is 0 Å². The third kappa shape index (κ3) is 1.68. The number of hydrogen-bond donors (Lipinski definition) is 2. The Morgan fingerprint density at radius 1 is 1.78 bits per heavy atom. The van der Waals surface area contributed by atoms with Gasteiger partial charge >= 0.3 is 0 Å². The quantitative estimate of drug-likeness (QED) is 0.467. The average molecular weight is 128 g/mol. The Labute approximate surface area is 54.6 Å². The maximum Gasteiger partial charge on any atom is 0.221 e. The van der Waals surface area contributed by atoms with Gasteiger partial charge in [0, 0.05) is 18.5 Å². The minimum Gasteiger partial charge on any atom is -0.354 e. The standard InChI is InChI=1S/C6H12N2O/c1-4-2-5(7)3-6(9)8-4/h4-5H,2-3,7H2,1H3,(H,8,9)/t4-,5-/m0/s1. The van der Waals surface area contributed by atoms with E-state index < -0.39 is 0 Å². The summed E-state index contributed by atoms with van der Waals surface area (Å²) in [5.74, 6) is 0.0845. The Hall–Kier alpha value is -0.570. The van der Waals surface area contributed by atoms with Crippen LogP contribution in [0.1, 0.15) is 19.8 Å². The summed E-state index contributed by atoms with van der Waals surface area (Å²) in [7, 11) is 0. The number of nitrogens with one attached hydrogen (secondary N) is 1. The van der Waals surface area contributed by atoms with Crippen LogP contribution in [-0.4, -0.2) is 18.0 Å². The van der Waals surface area contributed by atoms with Crippen LogP contribution in [0.4, 0.5) is 0 Å². The molecule has 1 saturated heterocycles. The van der Waals surface area contributed by atoms with E-state index in [2.05, 4.69) is 5.32 Å². The normalized spacial score (nSPS) is 36.0. The first-order valence-electron chi connectivity index (χ1n) is 3.23. The minimum absolute atomic E-state index is 0.0775. The molecule has 0 saturated carbocycles. The van der Waals surface area contributed by atoms with Gasteiger partial charge in [-0.2, -0.15) is 0 Å². The van der Waals surface area contributed by atoms with Crippen molar-refractivity contribution in [3.05, 3.63) is 0 Å². The van der Waals surface area contributed by atoms with Crippen molar-refractivity contribution in [3.8, 4) is 0 Å². The third-order valence-electron chi connectivity index (χ3n) is 1.51. The topological polar surface area (TPSA) is 55.1 Å². The molecule has 0 radical (unpaired) electrons. The number of amides is 1. The Morgan fingerprint density at radius 2 is 2.44 bits per heavy atom. The van der Waals surface area contributed by atoms with Gasteiger partial charge in [-0.1, -0.05) is 0 Å². The highest BCUT2D eigenvalue weighted by atomic mass is 16.1. The fourth-order valence-corrected chi connectivity index (χ4v) is 1.17. The number of rotatable bonds is 0. The van der Waals surface area contributed by atoms with Crippen molar-refractivity contribution in [2.45, 2.75) is 31.8 Å². The Kier molecular flexibility index (Phi) is 1.71. The van der Waals surface area contributed by atoms with Gasteiger partial charge in [0.25, 0.3) is 0 Å². The first-order chi connectivity index (χ1) is 4.18. The molecular formula is C6H12N2O. The zero-order valence-electron chi connectivity index (χ0n) is 5.55. The summed E-state index contributed by atoms with van der Waals surface area (Å²) < 4.78 is 0. The summed E-state index contributed by atoms with van der Waals surface area (Å²) in [6, 6.07) is 0.343. The molecule has 1 amide bonds. The van der Waals surface area contributed by atoms with E-state index in [0.29, 0.717) is 6.42 Å². The van der Waals surface area contributed by atoms with Crippen molar-refractivity contribution in [1.82, 2.24) is 5.32 Å². The lowest BCUT2D eigenvalue weighted by molar-refractivity contribution is -0.123. The first kappa shape index (κ1) is 6.55. The van der Waals surface area contributed by atoms with E-state index in [1.807, 2.05) is 6.92 Å². The second-order valence-electron chi connectivity index (χ2n) is 2.67. The van der Waals surface area contributed by atoms with E-state index in [0.717, 1.165) is 6.42 Å². The molecule has 3 heteroatoms. The summed E-state index contributed by atoms with van der Waals surface area (Å²) in [6.07, 6.45) is 1.40. The summed E-state index contributed by atoms with van der Waals surface area (Å²) in [5, 5.41) is 2.79. The van der Waals surface area contributed by atoms with Gasteiger partial charge in [-0.3, -0.25) is 4.79 Å². The fourth-order valence-electron chi connectivity index (χ4n) is 1.17. The highest BCUT2D eigenvalue weighted by molar-refractivity contribution is 5.77. The van der Waals surface area contributed by atoms with Gasteiger partial charge in [-0.25, -0.2) is 0 Å².